The molecule has 0 spiro atoms. The van der Waals surface area contributed by atoms with E-state index in [9.17, 15) is 9.90 Å². The summed E-state index contributed by atoms with van der Waals surface area (Å²) in [5.74, 6) is 0.291. The summed E-state index contributed by atoms with van der Waals surface area (Å²) >= 11 is 0. The molecule has 2 aromatic rings. The third-order valence-corrected chi connectivity index (χ3v) is 5.92. The zero-order valence-corrected chi connectivity index (χ0v) is 19.3. The molecule has 1 N–H and O–H groups in total. The van der Waals surface area contributed by atoms with E-state index in [1.54, 1.807) is 24.3 Å². The van der Waals surface area contributed by atoms with Gasteiger partial charge < -0.3 is 9.84 Å². The molecule has 0 amide bonds. The first-order chi connectivity index (χ1) is 14.2. The number of aliphatic hydroxyl groups is 1. The molecule has 0 saturated heterocycles. The van der Waals surface area contributed by atoms with Gasteiger partial charge in [0.2, 0.25) is 0 Å². The van der Waals surface area contributed by atoms with Crippen molar-refractivity contribution >= 4 is 5.97 Å². The quantitative estimate of drug-likeness (QED) is 0.420. The van der Waals surface area contributed by atoms with Gasteiger partial charge >= 0.3 is 5.97 Å². The van der Waals surface area contributed by atoms with Gasteiger partial charge in [-0.1, -0.05) is 42.5 Å². The zero-order chi connectivity index (χ0) is 22.3. The van der Waals surface area contributed by atoms with E-state index in [2.05, 4.69) is 44.7 Å². The minimum Gasteiger partial charge on any atom is -0.426 e. The highest BCUT2D eigenvalue weighted by molar-refractivity contribution is 5.79. The first kappa shape index (κ1) is 24.1. The number of nitrogens with zero attached hydrogens (tertiary/aromatic N) is 1. The van der Waals surface area contributed by atoms with Crippen LogP contribution in [0.2, 0.25) is 0 Å². The van der Waals surface area contributed by atoms with Crippen molar-refractivity contribution in [1.29, 1.82) is 0 Å². The van der Waals surface area contributed by atoms with Gasteiger partial charge in [0.05, 0.1) is 12.0 Å². The maximum atomic E-state index is 13.2. The average Bonchev–Trinajstić information content (AvgIpc) is 2.71. The summed E-state index contributed by atoms with van der Waals surface area (Å²) in [7, 11) is 0. The van der Waals surface area contributed by atoms with Gasteiger partial charge in [0.15, 0.2) is 0 Å². The normalized spacial score (nSPS) is 13.1. The van der Waals surface area contributed by atoms with Crippen molar-refractivity contribution in [2.75, 3.05) is 6.54 Å². The van der Waals surface area contributed by atoms with Gasteiger partial charge in [-0.15, -0.1) is 0 Å². The monoisotopic (exact) mass is 411 g/mol. The van der Waals surface area contributed by atoms with E-state index in [1.807, 2.05) is 32.0 Å². The largest absolute Gasteiger partial charge is 0.426 e. The predicted octanol–water partition coefficient (Wildman–Crippen LogP) is 5.40. The number of rotatable bonds is 10. The van der Waals surface area contributed by atoms with Crippen LogP contribution in [0.4, 0.5) is 0 Å². The van der Waals surface area contributed by atoms with E-state index in [0.29, 0.717) is 17.8 Å². The van der Waals surface area contributed by atoms with E-state index >= 15 is 0 Å². The van der Waals surface area contributed by atoms with Crippen LogP contribution >= 0.6 is 0 Å². The minimum absolute atomic E-state index is 0.0298. The van der Waals surface area contributed by atoms with E-state index < -0.39 is 5.41 Å². The molecule has 30 heavy (non-hydrogen) atoms. The molecule has 0 aliphatic carbocycles. The lowest BCUT2D eigenvalue weighted by Crippen LogP contribution is -2.41. The Kier molecular flexibility index (Phi) is 8.63. The van der Waals surface area contributed by atoms with Crippen LogP contribution in [-0.2, 0) is 11.4 Å². The number of benzene rings is 2. The van der Waals surface area contributed by atoms with Crippen LogP contribution in [0.5, 0.6) is 5.75 Å². The summed E-state index contributed by atoms with van der Waals surface area (Å²) in [6, 6.07) is 18.2. The van der Waals surface area contributed by atoms with Crippen molar-refractivity contribution in [3.05, 3.63) is 65.7 Å². The Bertz CT molecular complexity index is 774. The highest BCUT2D eigenvalue weighted by Gasteiger charge is 2.39. The fourth-order valence-electron chi connectivity index (χ4n) is 4.06. The van der Waals surface area contributed by atoms with E-state index in [1.165, 1.54) is 0 Å². The van der Waals surface area contributed by atoms with Crippen molar-refractivity contribution < 1.29 is 14.6 Å². The predicted molar refractivity (Wildman–Crippen MR) is 123 cm³/mol. The molecule has 4 heteroatoms. The molecule has 164 valence electrons. The number of hydrogen-bond donors (Lipinski definition) is 1. The average molecular weight is 412 g/mol. The molecule has 0 aliphatic heterocycles. The molecule has 1 unspecified atom stereocenters. The van der Waals surface area contributed by atoms with Crippen LogP contribution in [0.1, 0.15) is 65.0 Å². The molecular formula is C26H37NO3. The van der Waals surface area contributed by atoms with Crippen LogP contribution in [0.25, 0.3) is 0 Å². The smallest absolute Gasteiger partial charge is 0.317 e. The SMILES string of the molecule is CC(C)N(CCC(c1ccccc1)C(C)(C)C(=O)Oc1ccc(CO)cc1)C(C)C. The summed E-state index contributed by atoms with van der Waals surface area (Å²) in [6.45, 7) is 13.7. The zero-order valence-electron chi connectivity index (χ0n) is 19.3. The van der Waals surface area contributed by atoms with Gasteiger partial charge in [-0.3, -0.25) is 9.69 Å². The maximum Gasteiger partial charge on any atom is 0.317 e. The summed E-state index contributed by atoms with van der Waals surface area (Å²) in [4.78, 5) is 15.7. The Morgan fingerprint density at radius 2 is 1.53 bits per heavy atom. The van der Waals surface area contributed by atoms with Crippen molar-refractivity contribution in [1.82, 2.24) is 4.90 Å². The molecule has 2 rings (SSSR count). The second kappa shape index (κ2) is 10.7. The van der Waals surface area contributed by atoms with Crippen molar-refractivity contribution in [3.8, 4) is 5.75 Å². The summed E-state index contributed by atoms with van der Waals surface area (Å²) < 4.78 is 5.75. The number of hydrogen-bond acceptors (Lipinski definition) is 4. The molecule has 1 atom stereocenters. The Hall–Kier alpha value is -2.17. The molecule has 0 saturated carbocycles. The second-order valence-corrected chi connectivity index (χ2v) is 9.09. The topological polar surface area (TPSA) is 49.8 Å². The van der Waals surface area contributed by atoms with Crippen LogP contribution in [0.3, 0.4) is 0 Å². The molecule has 0 fully saturated rings. The van der Waals surface area contributed by atoms with Gasteiger partial charge in [0.25, 0.3) is 0 Å². The van der Waals surface area contributed by atoms with Gasteiger partial charge in [-0.2, -0.15) is 0 Å². The number of carbonyl (C=O) groups excluding carboxylic acids is 1. The van der Waals surface area contributed by atoms with Crippen LogP contribution in [-0.4, -0.2) is 34.6 Å². The van der Waals surface area contributed by atoms with Crippen molar-refractivity contribution in [2.24, 2.45) is 5.41 Å². The third kappa shape index (κ3) is 6.16. The second-order valence-electron chi connectivity index (χ2n) is 9.09. The third-order valence-electron chi connectivity index (χ3n) is 5.92. The van der Waals surface area contributed by atoms with Gasteiger partial charge in [0.1, 0.15) is 5.75 Å². The Morgan fingerprint density at radius 3 is 2.03 bits per heavy atom. The lowest BCUT2D eigenvalue weighted by atomic mass is 9.73. The van der Waals surface area contributed by atoms with Gasteiger partial charge in [-0.25, -0.2) is 0 Å². The summed E-state index contributed by atoms with van der Waals surface area (Å²) in [5, 5.41) is 9.21. The van der Waals surface area contributed by atoms with Gasteiger partial charge in [0, 0.05) is 18.0 Å². The maximum absolute atomic E-state index is 13.2. The Balaban J connectivity index is 2.24. The van der Waals surface area contributed by atoms with E-state index in [0.717, 1.165) is 24.1 Å². The number of aliphatic hydroxyl groups excluding tert-OH is 1. The van der Waals surface area contributed by atoms with E-state index in [-0.39, 0.29) is 18.5 Å². The molecular weight excluding hydrogens is 374 g/mol. The van der Waals surface area contributed by atoms with Gasteiger partial charge in [-0.05, 0) is 77.8 Å². The highest BCUT2D eigenvalue weighted by Crippen LogP contribution is 2.40. The fourth-order valence-corrected chi connectivity index (χ4v) is 4.06. The van der Waals surface area contributed by atoms with Crippen LogP contribution < -0.4 is 4.74 Å². The molecule has 2 aromatic carbocycles. The number of ether oxygens (including phenoxy) is 1. The molecule has 0 aromatic heterocycles. The highest BCUT2D eigenvalue weighted by atomic mass is 16.5. The van der Waals surface area contributed by atoms with Crippen molar-refractivity contribution in [3.63, 3.8) is 0 Å². The Morgan fingerprint density at radius 1 is 0.967 bits per heavy atom. The van der Waals surface area contributed by atoms with E-state index in [4.69, 9.17) is 4.74 Å². The lowest BCUT2D eigenvalue weighted by molar-refractivity contribution is -0.145. The fraction of sp³-hybridized carbons (Fsp3) is 0.500. The minimum atomic E-state index is -0.698. The summed E-state index contributed by atoms with van der Waals surface area (Å²) in [5.41, 5.74) is 1.25. The first-order valence-electron chi connectivity index (χ1n) is 10.9. The lowest BCUT2D eigenvalue weighted by Gasteiger charge is -2.36. The van der Waals surface area contributed by atoms with Crippen LogP contribution in [0, 0.1) is 5.41 Å². The molecule has 0 aliphatic rings. The summed E-state index contributed by atoms with van der Waals surface area (Å²) in [6.07, 6.45) is 0.867. The molecule has 0 heterocycles. The number of esters is 1. The molecule has 0 radical (unpaired) electrons. The Labute approximate surface area is 181 Å². The first-order valence-corrected chi connectivity index (χ1v) is 10.9. The number of carbonyl (C=O) groups is 1. The van der Waals surface area contributed by atoms with Crippen LogP contribution in [0.15, 0.2) is 54.6 Å². The molecule has 0 bridgehead atoms. The molecule has 4 nitrogen and oxygen atoms in total. The standard InChI is InChI=1S/C26H37NO3/c1-19(2)27(20(3)4)17-16-24(22-10-8-7-9-11-22)26(5,6)25(29)30-23-14-12-21(18-28)13-15-23/h7-15,19-20,24,28H,16-18H2,1-6H3. The van der Waals surface area contributed by atoms with Crippen molar-refractivity contribution in [2.45, 2.75) is 72.6 Å².